The summed E-state index contributed by atoms with van der Waals surface area (Å²) in [5.41, 5.74) is 4.72. The lowest BCUT2D eigenvalue weighted by atomic mass is 9.78. The van der Waals surface area contributed by atoms with Crippen LogP contribution in [0.5, 0.6) is 0 Å². The molecule has 110 valence electrons. The molecule has 0 radical (unpaired) electrons. The van der Waals surface area contributed by atoms with Crippen LogP contribution in [0.1, 0.15) is 42.9 Å². The van der Waals surface area contributed by atoms with E-state index in [4.69, 9.17) is 9.97 Å². The van der Waals surface area contributed by atoms with Crippen LogP contribution in [0.3, 0.4) is 0 Å². The highest BCUT2D eigenvalue weighted by Crippen LogP contribution is 2.40. The van der Waals surface area contributed by atoms with E-state index in [2.05, 4.69) is 17.3 Å². The monoisotopic (exact) mass is 283 g/mol. The molecule has 2 bridgehead atoms. The summed E-state index contributed by atoms with van der Waals surface area (Å²) in [4.78, 5) is 9.51. The van der Waals surface area contributed by atoms with E-state index in [-0.39, 0.29) is 0 Å². The van der Waals surface area contributed by atoms with Crippen molar-refractivity contribution in [3.63, 3.8) is 0 Å². The highest BCUT2D eigenvalue weighted by atomic mass is 15.2. The Labute approximate surface area is 124 Å². The van der Waals surface area contributed by atoms with E-state index < -0.39 is 0 Å². The number of hydrogen-bond acceptors (Lipinski definition) is 4. The molecular formula is C16H21N5. The van der Waals surface area contributed by atoms with Crippen LogP contribution in [0.4, 0.5) is 0 Å². The molecule has 0 aromatic carbocycles. The average molecular weight is 283 g/mol. The van der Waals surface area contributed by atoms with Crippen LogP contribution < -0.4 is 5.32 Å². The fourth-order valence-corrected chi connectivity index (χ4v) is 3.75. The normalized spacial score (nSPS) is 27.5. The van der Waals surface area contributed by atoms with Gasteiger partial charge < -0.3 is 5.32 Å². The average Bonchev–Trinajstić information content (AvgIpc) is 2.89. The van der Waals surface area contributed by atoms with E-state index >= 15 is 0 Å². The van der Waals surface area contributed by atoms with Gasteiger partial charge in [-0.25, -0.2) is 9.97 Å². The number of fused-ring (bicyclic) bond motifs is 4. The Morgan fingerprint density at radius 3 is 2.90 bits per heavy atom. The molecule has 4 heterocycles. The van der Waals surface area contributed by atoms with Crippen LogP contribution >= 0.6 is 0 Å². The first kappa shape index (κ1) is 13.0. The minimum atomic E-state index is 0.379. The third-order valence-electron chi connectivity index (χ3n) is 4.83. The van der Waals surface area contributed by atoms with Gasteiger partial charge in [-0.3, -0.25) is 4.68 Å². The standard InChI is InChI=1S/C16H21N5/c1-9-4-5-12-6-13-15(11-7-17-21(3)8-11)18-10(2)19-16(13)14(9)20-12/h7-9,12,14,20H,4-6H2,1-3H3/t9-,12+,14-/m1/s1. The van der Waals surface area contributed by atoms with E-state index in [1.165, 1.54) is 24.1 Å². The fourth-order valence-electron chi connectivity index (χ4n) is 3.75. The maximum absolute atomic E-state index is 4.78. The Kier molecular flexibility index (Phi) is 2.85. The number of rotatable bonds is 1. The lowest BCUT2D eigenvalue weighted by Gasteiger charge is -2.41. The van der Waals surface area contributed by atoms with Gasteiger partial charge >= 0.3 is 0 Å². The van der Waals surface area contributed by atoms with Crippen molar-refractivity contribution in [2.75, 3.05) is 0 Å². The van der Waals surface area contributed by atoms with Crippen molar-refractivity contribution < 1.29 is 0 Å². The molecule has 0 amide bonds. The van der Waals surface area contributed by atoms with Crippen molar-refractivity contribution in [1.82, 2.24) is 25.1 Å². The van der Waals surface area contributed by atoms with Crippen molar-refractivity contribution in [3.8, 4) is 11.3 Å². The molecule has 2 aliphatic rings. The predicted octanol–water partition coefficient (Wildman–Crippen LogP) is 2.17. The van der Waals surface area contributed by atoms with Crippen molar-refractivity contribution in [2.24, 2.45) is 13.0 Å². The maximum atomic E-state index is 4.78. The quantitative estimate of drug-likeness (QED) is 0.871. The van der Waals surface area contributed by atoms with Crippen LogP contribution in [-0.2, 0) is 13.5 Å². The van der Waals surface area contributed by atoms with E-state index in [1.807, 2.05) is 31.0 Å². The van der Waals surface area contributed by atoms with Crippen LogP contribution in [-0.4, -0.2) is 25.8 Å². The summed E-state index contributed by atoms with van der Waals surface area (Å²) in [6, 6.07) is 0.949. The fraction of sp³-hybridized carbons (Fsp3) is 0.562. The summed E-state index contributed by atoms with van der Waals surface area (Å²) >= 11 is 0. The first-order chi connectivity index (χ1) is 10.1. The molecule has 0 unspecified atom stereocenters. The molecule has 5 heteroatoms. The molecule has 3 atom stereocenters. The van der Waals surface area contributed by atoms with Crippen LogP contribution in [0, 0.1) is 12.8 Å². The summed E-state index contributed by atoms with van der Waals surface area (Å²) in [5.74, 6) is 1.49. The second kappa shape index (κ2) is 4.63. The van der Waals surface area contributed by atoms with E-state index in [9.17, 15) is 0 Å². The maximum Gasteiger partial charge on any atom is 0.126 e. The van der Waals surface area contributed by atoms with Crippen molar-refractivity contribution >= 4 is 0 Å². The molecule has 1 fully saturated rings. The Hall–Kier alpha value is -1.75. The highest BCUT2D eigenvalue weighted by molar-refractivity contribution is 5.63. The first-order valence-corrected chi connectivity index (χ1v) is 7.74. The zero-order valence-electron chi connectivity index (χ0n) is 12.8. The van der Waals surface area contributed by atoms with Crippen LogP contribution in [0.25, 0.3) is 11.3 Å². The molecule has 0 aliphatic carbocycles. The van der Waals surface area contributed by atoms with E-state index in [1.54, 1.807) is 0 Å². The minimum Gasteiger partial charge on any atom is -0.305 e. The van der Waals surface area contributed by atoms with Gasteiger partial charge in [-0.2, -0.15) is 5.10 Å². The predicted molar refractivity (Wildman–Crippen MR) is 80.7 cm³/mol. The van der Waals surface area contributed by atoms with Gasteiger partial charge in [0.15, 0.2) is 0 Å². The molecular weight excluding hydrogens is 262 g/mol. The lowest BCUT2D eigenvalue weighted by molar-refractivity contribution is 0.224. The van der Waals surface area contributed by atoms with Gasteiger partial charge in [0.1, 0.15) is 5.82 Å². The highest BCUT2D eigenvalue weighted by Gasteiger charge is 2.37. The first-order valence-electron chi connectivity index (χ1n) is 7.74. The van der Waals surface area contributed by atoms with E-state index in [0.717, 1.165) is 23.5 Å². The number of piperidine rings is 1. The van der Waals surface area contributed by atoms with Gasteiger partial charge in [-0.15, -0.1) is 0 Å². The molecule has 2 aromatic heterocycles. The van der Waals surface area contributed by atoms with Crippen molar-refractivity contribution in [3.05, 3.63) is 29.5 Å². The Morgan fingerprint density at radius 2 is 2.14 bits per heavy atom. The third kappa shape index (κ3) is 2.07. The Morgan fingerprint density at radius 1 is 1.29 bits per heavy atom. The molecule has 5 nitrogen and oxygen atoms in total. The molecule has 0 saturated carbocycles. The zero-order chi connectivity index (χ0) is 14.6. The Bertz CT molecular complexity index is 690. The van der Waals surface area contributed by atoms with Gasteiger partial charge in [0.25, 0.3) is 0 Å². The van der Waals surface area contributed by atoms with E-state index in [0.29, 0.717) is 18.0 Å². The topological polar surface area (TPSA) is 55.6 Å². The van der Waals surface area contributed by atoms with Gasteiger partial charge in [0, 0.05) is 30.4 Å². The summed E-state index contributed by atoms with van der Waals surface area (Å²) in [7, 11) is 1.95. The summed E-state index contributed by atoms with van der Waals surface area (Å²) in [5, 5.41) is 8.06. The molecule has 4 rings (SSSR count). The third-order valence-corrected chi connectivity index (χ3v) is 4.83. The summed E-state index contributed by atoms with van der Waals surface area (Å²) < 4.78 is 1.84. The number of nitrogens with zero attached hydrogens (tertiary/aromatic N) is 4. The van der Waals surface area contributed by atoms with Crippen molar-refractivity contribution in [1.29, 1.82) is 0 Å². The number of nitrogens with one attached hydrogen (secondary N) is 1. The SMILES string of the molecule is Cc1nc(-c2cnn(C)c2)c2c(n1)[C@@H]1N[C@@H](CC[C@H]1C)C2. The molecule has 1 N–H and O–H groups in total. The Balaban J connectivity index is 1.90. The van der Waals surface area contributed by atoms with Gasteiger partial charge in [-0.05, 0) is 32.1 Å². The summed E-state index contributed by atoms with van der Waals surface area (Å²) in [6.45, 7) is 4.31. The van der Waals surface area contributed by atoms with Gasteiger partial charge in [-0.1, -0.05) is 6.92 Å². The van der Waals surface area contributed by atoms with Crippen LogP contribution in [0.15, 0.2) is 12.4 Å². The van der Waals surface area contributed by atoms with Crippen LogP contribution in [0.2, 0.25) is 0 Å². The minimum absolute atomic E-state index is 0.379. The lowest BCUT2D eigenvalue weighted by Crippen LogP contribution is -2.47. The summed E-state index contributed by atoms with van der Waals surface area (Å²) in [6.07, 6.45) is 7.51. The molecule has 0 spiro atoms. The number of hydrogen-bond donors (Lipinski definition) is 1. The second-order valence-electron chi connectivity index (χ2n) is 6.49. The molecule has 2 aliphatic heterocycles. The number of aryl methyl sites for hydroxylation is 2. The second-order valence-corrected chi connectivity index (χ2v) is 6.49. The molecule has 2 aromatic rings. The zero-order valence-corrected chi connectivity index (χ0v) is 12.8. The molecule has 1 saturated heterocycles. The largest absolute Gasteiger partial charge is 0.305 e. The number of aromatic nitrogens is 4. The molecule has 21 heavy (non-hydrogen) atoms. The van der Waals surface area contributed by atoms with Gasteiger partial charge in [0.05, 0.1) is 23.6 Å². The smallest absolute Gasteiger partial charge is 0.126 e. The van der Waals surface area contributed by atoms with Crippen molar-refractivity contribution in [2.45, 2.75) is 45.2 Å². The van der Waals surface area contributed by atoms with Gasteiger partial charge in [0.2, 0.25) is 0 Å².